The van der Waals surface area contributed by atoms with Gasteiger partial charge in [0.1, 0.15) is 17.1 Å². The zero-order valence-corrected chi connectivity index (χ0v) is 22.8. The molecule has 0 unspecified atom stereocenters. The highest BCUT2D eigenvalue weighted by Crippen LogP contribution is 2.34. The van der Waals surface area contributed by atoms with Gasteiger partial charge < -0.3 is 14.3 Å². The summed E-state index contributed by atoms with van der Waals surface area (Å²) in [5.41, 5.74) is -1.63. The monoisotopic (exact) mass is 616 g/mol. The van der Waals surface area contributed by atoms with Crippen LogP contribution >= 0.6 is 15.9 Å². The molecule has 0 amide bonds. The molecule has 1 rings (SSSR count). The molecule has 14 heteroatoms. The van der Waals surface area contributed by atoms with Crippen molar-refractivity contribution in [3.8, 4) is 24.3 Å². The predicted octanol–water partition coefficient (Wildman–Crippen LogP) is 7.04. The van der Waals surface area contributed by atoms with Crippen LogP contribution in [-0.2, 0) is 14.3 Å². The van der Waals surface area contributed by atoms with E-state index in [2.05, 4.69) is 15.9 Å². The van der Waals surface area contributed by atoms with Crippen LogP contribution in [0.25, 0.3) is 0 Å². The lowest BCUT2D eigenvalue weighted by Crippen LogP contribution is -2.25. The number of alkyl halides is 7. The maximum atomic E-state index is 12.0. The standard InChI is InChI=1S/C11H13F3N2O.C7H13BrO2.C6H5F3N2/c1-9(17)3-2-4-10(7-15,8-16)5-6-11(12,13)14;1-7(3-2-4-8)9-5-6-10-7;7-6(8,9)2-1-5(3-10)4-11/h2-6H2,1H3;2-6H2,1H3;5H,1-2H2. The second kappa shape index (κ2) is 18.8. The molecule has 1 aliphatic heterocycles. The largest absolute Gasteiger partial charge is 0.389 e. The predicted molar refractivity (Wildman–Crippen MR) is 127 cm³/mol. The van der Waals surface area contributed by atoms with E-state index >= 15 is 0 Å². The lowest BCUT2D eigenvalue weighted by atomic mass is 9.81. The Morgan fingerprint density at radius 1 is 0.895 bits per heavy atom. The number of ether oxygens (including phenoxy) is 2. The van der Waals surface area contributed by atoms with E-state index in [1.807, 2.05) is 6.92 Å². The molecule has 7 nitrogen and oxygen atoms in total. The van der Waals surface area contributed by atoms with Crippen LogP contribution in [0.2, 0.25) is 0 Å². The number of nitriles is 4. The van der Waals surface area contributed by atoms with Gasteiger partial charge in [-0.3, -0.25) is 0 Å². The van der Waals surface area contributed by atoms with Crippen LogP contribution in [0.4, 0.5) is 26.3 Å². The number of hydrogen-bond acceptors (Lipinski definition) is 7. The SMILES string of the molecule is CC(=O)CCCC(C#N)(C#N)CCC(F)(F)F.CC1(CCCBr)OCCO1.N#CC(C#N)CCC(F)(F)F. The summed E-state index contributed by atoms with van der Waals surface area (Å²) >= 11 is 3.37. The summed E-state index contributed by atoms with van der Waals surface area (Å²) in [6.07, 6.45) is -9.33. The van der Waals surface area contributed by atoms with E-state index in [-0.39, 0.29) is 30.8 Å². The topological polar surface area (TPSA) is 131 Å². The van der Waals surface area contributed by atoms with E-state index in [4.69, 9.17) is 30.5 Å². The van der Waals surface area contributed by atoms with Crippen molar-refractivity contribution < 1.29 is 40.6 Å². The molecule has 0 radical (unpaired) electrons. The Morgan fingerprint density at radius 3 is 1.76 bits per heavy atom. The normalized spacial score (nSPS) is 14.5. The average Bonchev–Trinajstić information content (AvgIpc) is 3.27. The second-order valence-corrected chi connectivity index (χ2v) is 9.36. The number of hydrogen-bond donors (Lipinski definition) is 0. The van der Waals surface area contributed by atoms with Gasteiger partial charge >= 0.3 is 12.4 Å². The summed E-state index contributed by atoms with van der Waals surface area (Å²) in [5.74, 6) is -1.53. The molecule has 38 heavy (non-hydrogen) atoms. The molecule has 0 saturated carbocycles. The highest BCUT2D eigenvalue weighted by Gasteiger charge is 2.36. The minimum Gasteiger partial charge on any atom is -0.348 e. The first-order chi connectivity index (χ1) is 17.5. The number of nitrogens with zero attached hydrogens (tertiary/aromatic N) is 4. The van der Waals surface area contributed by atoms with Crippen molar-refractivity contribution in [2.75, 3.05) is 18.5 Å². The number of carbonyl (C=O) groups excluding carboxylic acids is 1. The van der Waals surface area contributed by atoms with Crippen molar-refractivity contribution in [2.45, 2.75) is 89.8 Å². The molecular formula is C24H31BrF6N4O3. The Kier molecular flexibility index (Phi) is 18.7. The summed E-state index contributed by atoms with van der Waals surface area (Å²) in [6, 6.07) is 6.20. The molecule has 214 valence electrons. The third-order valence-electron chi connectivity index (χ3n) is 5.09. The van der Waals surface area contributed by atoms with Crippen LogP contribution in [0.15, 0.2) is 0 Å². The van der Waals surface area contributed by atoms with Crippen LogP contribution in [-0.4, -0.2) is 42.5 Å². The molecule has 0 aromatic rings. The van der Waals surface area contributed by atoms with Gasteiger partial charge in [-0.2, -0.15) is 47.4 Å². The fourth-order valence-electron chi connectivity index (χ4n) is 2.92. The highest BCUT2D eigenvalue weighted by molar-refractivity contribution is 9.09. The Morgan fingerprint density at radius 2 is 1.39 bits per heavy atom. The van der Waals surface area contributed by atoms with Crippen LogP contribution in [0.3, 0.4) is 0 Å². The number of Topliss-reactive ketones (excluding diaryl/α,β-unsaturated/α-hetero) is 1. The first-order valence-electron chi connectivity index (χ1n) is 11.6. The van der Waals surface area contributed by atoms with Crippen molar-refractivity contribution in [3.63, 3.8) is 0 Å². The quantitative estimate of drug-likeness (QED) is 0.180. The highest BCUT2D eigenvalue weighted by atomic mass is 79.9. The number of rotatable bonds is 11. The third kappa shape index (κ3) is 20.6. The summed E-state index contributed by atoms with van der Waals surface area (Å²) in [5, 5.41) is 34.8. The maximum Gasteiger partial charge on any atom is 0.389 e. The molecule has 0 N–H and O–H groups in total. The van der Waals surface area contributed by atoms with Crippen LogP contribution in [0.1, 0.15) is 71.6 Å². The fraction of sp³-hybridized carbons (Fsp3) is 0.792. The smallest absolute Gasteiger partial charge is 0.348 e. The number of carbonyl (C=O) groups is 1. The Hall–Kier alpha value is -2.39. The van der Waals surface area contributed by atoms with Crippen molar-refractivity contribution in [2.24, 2.45) is 11.3 Å². The Bertz CT molecular complexity index is 835. The molecule has 0 atom stereocenters. The maximum absolute atomic E-state index is 12.0. The van der Waals surface area contributed by atoms with Crippen LogP contribution < -0.4 is 0 Å². The molecular weight excluding hydrogens is 586 g/mol. The molecule has 1 fully saturated rings. The molecule has 0 bridgehead atoms. The van der Waals surface area contributed by atoms with E-state index in [0.29, 0.717) is 0 Å². The summed E-state index contributed by atoms with van der Waals surface area (Å²) in [7, 11) is 0. The van der Waals surface area contributed by atoms with Gasteiger partial charge in [0.25, 0.3) is 0 Å². The minimum atomic E-state index is -4.38. The van der Waals surface area contributed by atoms with E-state index in [1.54, 1.807) is 12.1 Å². The Balaban J connectivity index is 0. The van der Waals surface area contributed by atoms with Gasteiger partial charge in [0.2, 0.25) is 0 Å². The second-order valence-electron chi connectivity index (χ2n) is 8.56. The van der Waals surface area contributed by atoms with Crippen LogP contribution in [0.5, 0.6) is 0 Å². The zero-order chi connectivity index (χ0) is 29.9. The number of halogens is 7. The first-order valence-corrected chi connectivity index (χ1v) is 12.7. The molecule has 0 aliphatic carbocycles. The van der Waals surface area contributed by atoms with E-state index in [9.17, 15) is 31.1 Å². The van der Waals surface area contributed by atoms with Crippen molar-refractivity contribution in [3.05, 3.63) is 0 Å². The van der Waals surface area contributed by atoms with Crippen molar-refractivity contribution in [1.29, 1.82) is 21.0 Å². The van der Waals surface area contributed by atoms with Gasteiger partial charge in [-0.1, -0.05) is 15.9 Å². The van der Waals surface area contributed by atoms with Crippen LogP contribution in [0, 0.1) is 56.7 Å². The molecule has 1 saturated heterocycles. The van der Waals surface area contributed by atoms with Crippen molar-refractivity contribution in [1.82, 2.24) is 0 Å². The summed E-state index contributed by atoms with van der Waals surface area (Å²) < 4.78 is 81.3. The van der Waals surface area contributed by atoms with Gasteiger partial charge in [-0.25, -0.2) is 0 Å². The zero-order valence-electron chi connectivity index (χ0n) is 21.2. The third-order valence-corrected chi connectivity index (χ3v) is 5.65. The molecule has 1 heterocycles. The lowest BCUT2D eigenvalue weighted by molar-refractivity contribution is -0.146. The van der Waals surface area contributed by atoms with Gasteiger partial charge in [0.05, 0.1) is 37.5 Å². The fourth-order valence-corrected chi connectivity index (χ4v) is 3.20. The van der Waals surface area contributed by atoms with E-state index in [0.717, 1.165) is 31.4 Å². The Labute approximate surface area is 227 Å². The first kappa shape index (κ1) is 37.8. The van der Waals surface area contributed by atoms with Gasteiger partial charge in [0, 0.05) is 31.0 Å². The minimum absolute atomic E-state index is 0.00431. The summed E-state index contributed by atoms with van der Waals surface area (Å²) in [6.45, 7) is 4.86. The molecule has 0 aromatic carbocycles. The van der Waals surface area contributed by atoms with Gasteiger partial charge in [0.15, 0.2) is 5.79 Å². The molecule has 0 spiro atoms. The van der Waals surface area contributed by atoms with Gasteiger partial charge in [-0.15, -0.1) is 0 Å². The van der Waals surface area contributed by atoms with Crippen molar-refractivity contribution >= 4 is 21.7 Å². The lowest BCUT2D eigenvalue weighted by Gasteiger charge is -2.21. The van der Waals surface area contributed by atoms with E-state index < -0.39 is 49.4 Å². The average molecular weight is 617 g/mol. The molecule has 0 aromatic heterocycles. The number of ketones is 1. The molecule has 1 aliphatic rings. The van der Waals surface area contributed by atoms with E-state index in [1.165, 1.54) is 19.1 Å². The summed E-state index contributed by atoms with van der Waals surface area (Å²) in [4.78, 5) is 10.7. The van der Waals surface area contributed by atoms with Gasteiger partial charge in [-0.05, 0) is 46.0 Å².